The van der Waals surface area contributed by atoms with Gasteiger partial charge in [-0.15, -0.1) is 12.4 Å². The quantitative estimate of drug-likeness (QED) is 0.454. The number of aromatic nitrogens is 1. The molecule has 1 aliphatic rings. The molecule has 1 fully saturated rings. The molecule has 1 aromatic heterocycles. The van der Waals surface area contributed by atoms with Gasteiger partial charge in [0.2, 0.25) is 0 Å². The van der Waals surface area contributed by atoms with E-state index >= 15 is 0 Å². The van der Waals surface area contributed by atoms with Crippen molar-refractivity contribution in [2.24, 2.45) is 0 Å². The molecule has 6 nitrogen and oxygen atoms in total. The molecule has 0 N–H and O–H groups in total. The van der Waals surface area contributed by atoms with Crippen molar-refractivity contribution in [3.05, 3.63) is 53.1 Å². The summed E-state index contributed by atoms with van der Waals surface area (Å²) in [6, 6.07) is 13.3. The zero-order valence-electron chi connectivity index (χ0n) is 18.0. The van der Waals surface area contributed by atoms with E-state index in [1.807, 2.05) is 6.07 Å². The van der Waals surface area contributed by atoms with Crippen LogP contribution in [0.5, 0.6) is 5.75 Å². The van der Waals surface area contributed by atoms with Crippen LogP contribution in [0.4, 0.5) is 5.13 Å². The molecule has 0 saturated carbocycles. The van der Waals surface area contributed by atoms with E-state index in [4.69, 9.17) is 26.1 Å². The fraction of sp³-hybridized carbons (Fsp3) is 0.391. The molecule has 32 heavy (non-hydrogen) atoms. The highest BCUT2D eigenvalue weighted by Crippen LogP contribution is 2.30. The first kappa shape index (κ1) is 24.7. The molecule has 0 aliphatic carbocycles. The monoisotopic (exact) mass is 495 g/mol. The van der Waals surface area contributed by atoms with E-state index < -0.39 is 0 Å². The van der Waals surface area contributed by atoms with Gasteiger partial charge in [0.1, 0.15) is 5.75 Å². The van der Waals surface area contributed by atoms with Crippen LogP contribution in [-0.2, 0) is 16.0 Å². The van der Waals surface area contributed by atoms with Gasteiger partial charge in [0.15, 0.2) is 11.7 Å². The number of thiazole rings is 1. The van der Waals surface area contributed by atoms with Gasteiger partial charge in [0.25, 0.3) is 5.91 Å². The number of hydrogen-bond acceptors (Lipinski definition) is 6. The van der Waals surface area contributed by atoms with Crippen LogP contribution in [0.15, 0.2) is 42.5 Å². The lowest BCUT2D eigenvalue weighted by atomic mass is 10.2. The number of aryl methyl sites for hydroxylation is 1. The first-order chi connectivity index (χ1) is 15.1. The number of rotatable bonds is 8. The Bertz CT molecular complexity index is 1020. The summed E-state index contributed by atoms with van der Waals surface area (Å²) >= 11 is 7.48. The third-order valence-corrected chi connectivity index (χ3v) is 6.59. The molecule has 0 unspecified atom stereocenters. The number of hydrogen-bond donors (Lipinski definition) is 0. The summed E-state index contributed by atoms with van der Waals surface area (Å²) in [6.07, 6.45) is 0.970. The number of carbonyl (C=O) groups excluding carboxylic acids is 1. The lowest BCUT2D eigenvalue weighted by Crippen LogP contribution is -2.44. The van der Waals surface area contributed by atoms with Crippen LogP contribution in [0.2, 0.25) is 5.02 Å². The maximum absolute atomic E-state index is 13.2. The summed E-state index contributed by atoms with van der Waals surface area (Å²) in [6.45, 7) is 6.63. The molecule has 2 heterocycles. The Hall–Kier alpha value is -1.90. The van der Waals surface area contributed by atoms with E-state index in [1.165, 1.54) is 5.56 Å². The van der Waals surface area contributed by atoms with Crippen molar-refractivity contribution in [3.63, 3.8) is 0 Å². The molecule has 0 spiro atoms. The molecule has 172 valence electrons. The van der Waals surface area contributed by atoms with Gasteiger partial charge in [-0.25, -0.2) is 4.98 Å². The standard InChI is InChI=1S/C23H26ClN3O3S.ClH/c1-2-17-3-8-20-21(15-17)31-23(25-20)27(10-9-26-11-13-29-14-12-26)22(28)16-30-19-6-4-18(24)5-7-19;/h3-8,15H,2,9-14,16H2,1H3;1H. The van der Waals surface area contributed by atoms with Crippen LogP contribution >= 0.6 is 35.3 Å². The lowest BCUT2D eigenvalue weighted by Gasteiger charge is -2.29. The highest BCUT2D eigenvalue weighted by Gasteiger charge is 2.22. The van der Waals surface area contributed by atoms with Crippen molar-refractivity contribution >= 4 is 56.6 Å². The highest BCUT2D eigenvalue weighted by atomic mass is 35.5. The third kappa shape index (κ3) is 6.33. The second kappa shape index (κ2) is 11.8. The van der Waals surface area contributed by atoms with Crippen LogP contribution in [0.1, 0.15) is 12.5 Å². The Morgan fingerprint density at radius 2 is 1.97 bits per heavy atom. The van der Waals surface area contributed by atoms with Gasteiger partial charge in [-0.2, -0.15) is 0 Å². The molecule has 0 atom stereocenters. The number of amides is 1. The van der Waals surface area contributed by atoms with E-state index in [9.17, 15) is 4.79 Å². The fourth-order valence-electron chi connectivity index (χ4n) is 3.44. The fourth-order valence-corrected chi connectivity index (χ4v) is 4.64. The number of morpholine rings is 1. The Labute approximate surface area is 203 Å². The van der Waals surface area contributed by atoms with Crippen molar-refractivity contribution in [3.8, 4) is 5.75 Å². The van der Waals surface area contributed by atoms with Gasteiger partial charge in [0, 0.05) is 31.2 Å². The van der Waals surface area contributed by atoms with E-state index in [-0.39, 0.29) is 24.9 Å². The molecule has 2 aromatic carbocycles. The van der Waals surface area contributed by atoms with Gasteiger partial charge < -0.3 is 9.47 Å². The predicted octanol–water partition coefficient (Wildman–Crippen LogP) is 4.68. The summed E-state index contributed by atoms with van der Waals surface area (Å²) in [7, 11) is 0. The van der Waals surface area contributed by atoms with Crippen molar-refractivity contribution < 1.29 is 14.3 Å². The minimum absolute atomic E-state index is 0. The second-order valence-electron chi connectivity index (χ2n) is 7.39. The first-order valence-electron chi connectivity index (χ1n) is 10.5. The molecular weight excluding hydrogens is 469 g/mol. The Morgan fingerprint density at radius 3 is 2.69 bits per heavy atom. The van der Waals surface area contributed by atoms with E-state index in [0.29, 0.717) is 22.4 Å². The van der Waals surface area contributed by atoms with Gasteiger partial charge >= 0.3 is 0 Å². The van der Waals surface area contributed by atoms with E-state index in [2.05, 4.69) is 24.0 Å². The van der Waals surface area contributed by atoms with Crippen LogP contribution < -0.4 is 9.64 Å². The minimum Gasteiger partial charge on any atom is -0.484 e. The smallest absolute Gasteiger partial charge is 0.266 e. The Kier molecular flexibility index (Phi) is 9.13. The Morgan fingerprint density at radius 1 is 1.22 bits per heavy atom. The zero-order chi connectivity index (χ0) is 21.6. The van der Waals surface area contributed by atoms with Crippen molar-refractivity contribution in [1.82, 2.24) is 9.88 Å². The first-order valence-corrected chi connectivity index (χ1v) is 11.7. The number of benzene rings is 2. The normalized spacial score (nSPS) is 14.2. The zero-order valence-corrected chi connectivity index (χ0v) is 20.3. The maximum atomic E-state index is 13.2. The molecular formula is C23H27Cl2N3O3S. The number of fused-ring (bicyclic) bond motifs is 1. The van der Waals surface area contributed by atoms with Crippen molar-refractivity contribution in [2.45, 2.75) is 13.3 Å². The highest BCUT2D eigenvalue weighted by molar-refractivity contribution is 7.22. The number of anilines is 1. The summed E-state index contributed by atoms with van der Waals surface area (Å²) in [5, 5.41) is 1.34. The molecule has 3 aromatic rings. The van der Waals surface area contributed by atoms with Crippen molar-refractivity contribution in [2.75, 3.05) is 50.9 Å². The van der Waals surface area contributed by atoms with Gasteiger partial charge in [-0.3, -0.25) is 14.6 Å². The molecule has 4 rings (SSSR count). The number of ether oxygens (including phenoxy) is 2. The van der Waals surface area contributed by atoms with Gasteiger partial charge in [0.05, 0.1) is 23.4 Å². The molecule has 1 saturated heterocycles. The molecule has 0 radical (unpaired) electrons. The van der Waals surface area contributed by atoms with Crippen LogP contribution in [-0.4, -0.2) is 61.8 Å². The SMILES string of the molecule is CCc1ccc2nc(N(CCN3CCOCC3)C(=O)COc3ccc(Cl)cc3)sc2c1.Cl. The van der Waals surface area contributed by atoms with Gasteiger partial charge in [-0.1, -0.05) is 35.9 Å². The summed E-state index contributed by atoms with van der Waals surface area (Å²) < 4.78 is 12.2. The largest absolute Gasteiger partial charge is 0.484 e. The second-order valence-corrected chi connectivity index (χ2v) is 8.84. The number of halogens is 2. The van der Waals surface area contributed by atoms with Crippen molar-refractivity contribution in [1.29, 1.82) is 0 Å². The number of carbonyl (C=O) groups is 1. The lowest BCUT2D eigenvalue weighted by molar-refractivity contribution is -0.120. The predicted molar refractivity (Wildman–Crippen MR) is 133 cm³/mol. The van der Waals surface area contributed by atoms with Gasteiger partial charge in [-0.05, 0) is 48.4 Å². The average molecular weight is 496 g/mol. The summed E-state index contributed by atoms with van der Waals surface area (Å²) in [4.78, 5) is 22.0. The number of nitrogens with zero attached hydrogens (tertiary/aromatic N) is 3. The topological polar surface area (TPSA) is 54.9 Å². The maximum Gasteiger partial charge on any atom is 0.266 e. The van der Waals surface area contributed by atoms with Crippen LogP contribution in [0, 0.1) is 0 Å². The molecule has 1 amide bonds. The molecule has 9 heteroatoms. The summed E-state index contributed by atoms with van der Waals surface area (Å²) in [5.41, 5.74) is 2.18. The minimum atomic E-state index is -0.113. The van der Waals surface area contributed by atoms with E-state index in [1.54, 1.807) is 40.5 Å². The third-order valence-electron chi connectivity index (χ3n) is 5.30. The van der Waals surface area contributed by atoms with Crippen LogP contribution in [0.25, 0.3) is 10.2 Å². The Balaban J connectivity index is 0.00000289. The average Bonchev–Trinajstić information content (AvgIpc) is 3.22. The van der Waals surface area contributed by atoms with Crippen LogP contribution in [0.3, 0.4) is 0 Å². The van der Waals surface area contributed by atoms with E-state index in [0.717, 1.165) is 49.5 Å². The summed E-state index contributed by atoms with van der Waals surface area (Å²) in [5.74, 6) is 0.501. The molecule has 0 bridgehead atoms. The molecule has 1 aliphatic heterocycles.